The number of methoxy groups -OCH3 is 2. The van der Waals surface area contributed by atoms with Gasteiger partial charge in [0.05, 0.1) is 75.0 Å². The lowest BCUT2D eigenvalue weighted by atomic mass is 9.98. The van der Waals surface area contributed by atoms with E-state index in [1.54, 1.807) is 70.4 Å². The molecule has 0 radical (unpaired) electrons. The molecule has 5 aromatic rings. The summed E-state index contributed by atoms with van der Waals surface area (Å²) in [6.07, 6.45) is -3.25. The van der Waals surface area contributed by atoms with Crippen molar-refractivity contribution in [2.24, 2.45) is 0 Å². The highest BCUT2D eigenvalue weighted by Crippen LogP contribution is 2.49. The molecule has 4 saturated heterocycles. The highest BCUT2D eigenvalue weighted by molar-refractivity contribution is 7.44. The number of carbonyl (C=O) groups excluding carboxylic acids is 5. The molecule has 0 spiro atoms. The summed E-state index contributed by atoms with van der Waals surface area (Å²) in [5.74, 6) is -1.54. The van der Waals surface area contributed by atoms with Crippen molar-refractivity contribution in [3.05, 3.63) is 157 Å². The predicted molar refractivity (Wildman–Crippen MR) is 452 cm³/mol. The molecule has 4 aromatic heterocycles. The fourth-order valence-electron chi connectivity index (χ4n) is 12.4. The number of aliphatic hydroxyl groups excluding tert-OH is 5. The first-order valence-electron chi connectivity index (χ1n) is 42.7. The van der Waals surface area contributed by atoms with E-state index in [2.05, 4.69) is 71.8 Å². The zero-order chi connectivity index (χ0) is 98.9. The van der Waals surface area contributed by atoms with Gasteiger partial charge in [-0.2, -0.15) is 9.97 Å². The zero-order valence-electron chi connectivity index (χ0n) is 80.6. The van der Waals surface area contributed by atoms with Gasteiger partial charge in [0.2, 0.25) is 35.9 Å². The van der Waals surface area contributed by atoms with E-state index < -0.39 is 146 Å². The van der Waals surface area contributed by atoms with Gasteiger partial charge in [-0.15, -0.1) is 0 Å². The lowest BCUT2D eigenvalue weighted by Crippen LogP contribution is -2.54. The van der Waals surface area contributed by atoms with Crippen LogP contribution in [0.3, 0.4) is 0 Å². The van der Waals surface area contributed by atoms with Gasteiger partial charge in [-0.25, -0.2) is 30.4 Å². The van der Waals surface area contributed by atoms with Gasteiger partial charge in [-0.3, -0.25) is 61.8 Å². The molecule has 0 aliphatic carbocycles. The third-order valence-electron chi connectivity index (χ3n) is 18.7. The summed E-state index contributed by atoms with van der Waals surface area (Å²) >= 11 is 0. The number of nitrogens with zero attached hydrogens (tertiary/aromatic N) is 8. The Bertz CT molecular complexity index is 4650. The van der Waals surface area contributed by atoms with Gasteiger partial charge in [0.15, 0.2) is 0 Å². The second kappa shape index (κ2) is 56.5. The summed E-state index contributed by atoms with van der Waals surface area (Å²) in [5.41, 5.74) is 4.49. The van der Waals surface area contributed by atoms with E-state index in [0.29, 0.717) is 27.8 Å². The van der Waals surface area contributed by atoms with Crippen molar-refractivity contribution in [1.82, 2.24) is 64.1 Å². The van der Waals surface area contributed by atoms with Crippen molar-refractivity contribution < 1.29 is 111 Å². The second-order valence-electron chi connectivity index (χ2n) is 27.3. The molecule has 9 rings (SSSR count). The van der Waals surface area contributed by atoms with Gasteiger partial charge in [-0.1, -0.05) is 18.2 Å². The average Bonchev–Trinajstić information content (AvgIpc) is 0.800. The van der Waals surface area contributed by atoms with Crippen LogP contribution in [0.15, 0.2) is 83.9 Å². The number of nitrogen functional groups attached to an aromatic ring is 1. The molecule has 0 saturated carbocycles. The average molecular weight is 1780 g/mol. The maximum atomic E-state index is 13.5. The fourth-order valence-corrected chi connectivity index (χ4v) is 14.2. The smallest absolute Gasteiger partial charge is 0.349 e. The molecule has 692 valence electrons. The maximum Gasteiger partial charge on any atom is 0.349 e. The summed E-state index contributed by atoms with van der Waals surface area (Å²) in [6.45, 7) is 20.7. The Labute approximate surface area is 726 Å². The number of nitrogens with one attached hydrogen (secondary N) is 7. The third kappa shape index (κ3) is 32.0. The molecule has 4 aliphatic heterocycles. The third-order valence-corrected chi connectivity index (χ3v) is 20.8. The molecule has 4 aliphatic rings. The summed E-state index contributed by atoms with van der Waals surface area (Å²) in [5, 5.41) is 36.9. The number of anilines is 2. The summed E-state index contributed by atoms with van der Waals surface area (Å²) in [6, 6.07) is 5.89. The van der Waals surface area contributed by atoms with Crippen LogP contribution in [0.2, 0.25) is 0 Å². The van der Waals surface area contributed by atoms with Crippen LogP contribution in [0.25, 0.3) is 4.85 Å². The largest absolute Gasteiger partial charge is 0.400 e. The quantitative estimate of drug-likeness (QED) is 0.0154. The SMILES string of the molecule is [2H]C[C@H]1OC[C@@H](n2cc(C)c(=O)[nH]c2=O)[C@H](OCC(=O)NC)[C@@H]1O.[2H]C[C@H]1OC[C@@H](n2cc(C)c(=O)[nH]c2=O)[C@H](OCC(=O)NC)[C@@H]1OC.[2H]C[C@H]1OC[C@@H](n2cc(C)c(N)nc2=O)[C@H](OCC(=O)NC)[C@@H]1OC.[2H]C[C@H]1OC[C@@H](n2cc(C)c(NC(=O)c3ccccc3)nc2=O)[C@H](OCC(=O)NC)[C@@H]1OP(OCC[N+]#[C-])N(C(C)C)C(C)C.[3H]OC.[3H]OC.[3H]OC.[3H]OC. The van der Waals surface area contributed by atoms with Crippen LogP contribution in [-0.2, 0) is 75.6 Å². The first-order chi connectivity index (χ1) is 62.4. The van der Waals surface area contributed by atoms with E-state index in [0.717, 1.165) is 0 Å². The number of carbonyl (C=O) groups is 5. The Kier molecular flexibility index (Phi) is 44.1. The van der Waals surface area contributed by atoms with Crippen LogP contribution < -0.4 is 66.2 Å². The molecular formula is C78H127N16O28P. The molecule has 123 heavy (non-hydrogen) atoms. The molecule has 1 unspecified atom stereocenters. The van der Waals surface area contributed by atoms with E-state index in [9.17, 15) is 57.8 Å². The number of aryl methyl sites for hydroxylation is 4. The molecule has 8 heterocycles. The van der Waals surface area contributed by atoms with Crippen molar-refractivity contribution >= 4 is 49.7 Å². The van der Waals surface area contributed by atoms with Crippen LogP contribution in [0.1, 0.15) is 118 Å². The van der Waals surface area contributed by atoms with Gasteiger partial charge in [0.1, 0.15) is 93.5 Å². The highest BCUT2D eigenvalue weighted by Gasteiger charge is 2.47. The number of benzene rings is 1. The fraction of sp³-hybridized carbons (Fsp3) is 0.641. The van der Waals surface area contributed by atoms with Crippen LogP contribution >= 0.6 is 8.53 Å². The van der Waals surface area contributed by atoms with Crippen LogP contribution in [0.4, 0.5) is 11.6 Å². The zero-order valence-corrected chi connectivity index (χ0v) is 73.5. The number of rotatable bonds is 28. The number of aliphatic hydroxyl groups is 5. The predicted octanol–water partition coefficient (Wildman–Crippen LogP) is -1.52. The van der Waals surface area contributed by atoms with Crippen LogP contribution in [0, 0.1) is 34.3 Å². The summed E-state index contributed by atoms with van der Waals surface area (Å²) in [4.78, 5) is 149. The van der Waals surface area contributed by atoms with Gasteiger partial charge in [-0.05, 0) is 95.1 Å². The van der Waals surface area contributed by atoms with E-state index in [1.807, 2.05) is 32.4 Å². The number of aromatic nitrogens is 8. The number of hydrogen-bond donors (Lipinski definition) is 13. The molecule has 17 atom stereocenters. The Morgan fingerprint density at radius 1 is 0.577 bits per heavy atom. The molecule has 4 fully saturated rings. The Morgan fingerprint density at radius 2 is 0.935 bits per heavy atom. The molecular weight excluding hydrogens is 1640 g/mol. The summed E-state index contributed by atoms with van der Waals surface area (Å²) < 4.78 is 131. The van der Waals surface area contributed by atoms with Gasteiger partial charge in [0, 0.05) is 141 Å². The van der Waals surface area contributed by atoms with E-state index in [-0.39, 0.29) is 141 Å². The number of aromatic amines is 2. The Balaban J connectivity index is 0.000000587. The van der Waals surface area contributed by atoms with Crippen molar-refractivity contribution in [1.29, 1.82) is 5.72 Å². The normalized spacial score (nSPS) is 24.2. The number of amides is 5. The van der Waals surface area contributed by atoms with Crippen LogP contribution in [0.5, 0.6) is 0 Å². The van der Waals surface area contributed by atoms with Crippen molar-refractivity contribution in [2.75, 3.05) is 148 Å². The number of H-pyrrole nitrogens is 2. The van der Waals surface area contributed by atoms with Gasteiger partial charge in [0.25, 0.3) is 25.6 Å². The van der Waals surface area contributed by atoms with Crippen molar-refractivity contribution in [3.8, 4) is 0 Å². The van der Waals surface area contributed by atoms with E-state index in [1.165, 1.54) is 102 Å². The molecule has 45 heteroatoms. The van der Waals surface area contributed by atoms with Gasteiger partial charge < -0.3 is 119 Å². The topological polar surface area (TPSA) is 571 Å². The van der Waals surface area contributed by atoms with Gasteiger partial charge >= 0.3 is 22.8 Å². The first kappa shape index (κ1) is 95.9. The Morgan fingerprint density at radius 3 is 1.33 bits per heavy atom. The molecule has 44 nitrogen and oxygen atoms in total. The standard InChI is InChI=1S/C30H43N6O7P.C15H24N4O5.C15H23N3O6.C14H21N3O6.4CH4O/c1-19(2)36(20(3)4)44(42-15-14-31-7)43-26-22(6)40-17-24(27(26)41-18-25(37)32-8)35-16-21(5)28(34-30(35)39)33-29(38)23-12-10-9-11-13-23;1-8-5-19(15(21)18-14(8)16)10-6-23-9(2)12(22-4)13(10)24-7-11(20)17-3;1-8-5-18(15(21)17-14(8)20)10-6-23-9(2)12(22-4)13(10)24-7-11(19)16-3;1-7-4-17(14(21)16-13(7)20)9-5-22-8(2)11(19)12(9)23-6-10(18)15-3;4*1-2/h9-13,16,19-20,22,24,26-27H,14-15,17-18H2,1-6,8H3,(H,32,37)(H,33,34,38,39);5,9-10,12-13H,6-7H2,1-4H3,(H,17,20)(H2,16,18,21);5,9-10,12-13H,6-7H2,1-4H3,(H,16,19)(H,17,20,21);4,8-9,11-12,19H,5-6H2,1-3H3,(H,15,18)(H,16,20,21);4*2H,1H3/t22-,24-,26-,27+,44?;2*9-,10-,12-,13+;8-,9-,11-,12+;;;;/m1111..../s1/i6D;3*2D;4*2T. The molecule has 0 bridgehead atoms. The Hall–Kier alpha value is -9.31. The monoisotopic (exact) mass is 1780 g/mol. The number of nitrogens with two attached hydrogens (primary N) is 1. The lowest BCUT2D eigenvalue weighted by Gasteiger charge is -2.44. The highest BCUT2D eigenvalue weighted by atomic mass is 31.2. The minimum absolute atomic E-state index is 0.00437. The first-order valence-corrected chi connectivity index (χ1v) is 39.3. The van der Waals surface area contributed by atoms with E-state index >= 15 is 0 Å². The molecule has 5 amide bonds. The van der Waals surface area contributed by atoms with E-state index in [4.69, 9.17) is 79.9 Å². The second-order valence-corrected chi connectivity index (χ2v) is 28.7. The van der Waals surface area contributed by atoms with Crippen molar-refractivity contribution in [2.45, 2.75) is 192 Å². The van der Waals surface area contributed by atoms with Crippen molar-refractivity contribution in [3.63, 3.8) is 0 Å². The number of hydrogen-bond acceptors (Lipinski definition) is 32. The summed E-state index contributed by atoms with van der Waals surface area (Å²) in [7, 11) is 12.3. The minimum Gasteiger partial charge on any atom is -0.400 e. The van der Waals surface area contributed by atoms with Crippen LogP contribution in [-0.4, -0.2) is 326 Å². The number of ether oxygens (including phenoxy) is 10. The lowest BCUT2D eigenvalue weighted by molar-refractivity contribution is -0.185. The molecule has 1 aromatic carbocycles. The molecule has 14 N–H and O–H groups in total. The maximum absolute atomic E-state index is 13.5. The minimum atomic E-state index is -1.77. The number of likely N-dealkylation sites (N-methyl/N-ethyl adjacent to an activating group) is 4.